The molecule has 16 heteroatoms. The number of carbonyl (C=O) groups excluding carboxylic acids is 2. The van der Waals surface area contributed by atoms with E-state index in [0.29, 0.717) is 17.9 Å². The number of carboxylic acids is 2. The van der Waals surface area contributed by atoms with Crippen LogP contribution in [0.4, 0.5) is 5.13 Å². The standard InChI is InChI=1S/C22H22N6O7S2.H2O/c1-22(2,20(33)34)35-26-13(12-10-37-21(23)24-12)16(29)25-14-17(30)28-15(19(31)32)11(9-36-18(14)28)8-27-6-4-3-5-7-27;/h3-7,10,14,18H,8-9H2,1-2H3,(H4-,23,24,25,29,31,32,33,34);1H2/b26-13-;/t14-,18-;/m0./s1. The van der Waals surface area contributed by atoms with E-state index in [0.717, 1.165) is 11.3 Å². The van der Waals surface area contributed by atoms with Crippen LogP contribution in [0, 0.1) is 0 Å². The molecule has 2 aromatic rings. The van der Waals surface area contributed by atoms with Crippen molar-refractivity contribution in [2.45, 2.75) is 37.4 Å². The number of nitrogen functional groups attached to an aromatic ring is 1. The molecule has 38 heavy (non-hydrogen) atoms. The van der Waals surface area contributed by atoms with Crippen LogP contribution in [-0.2, 0) is 30.6 Å². The van der Waals surface area contributed by atoms with Gasteiger partial charge in [0.05, 0.1) is 0 Å². The number of rotatable bonds is 9. The van der Waals surface area contributed by atoms with Crippen LogP contribution in [0.5, 0.6) is 0 Å². The molecule has 0 bridgehead atoms. The maximum Gasteiger partial charge on any atom is 0.352 e. The lowest BCUT2D eigenvalue weighted by molar-refractivity contribution is -0.689. The molecule has 2 aliphatic heterocycles. The average Bonchev–Trinajstić information content (AvgIpc) is 3.28. The molecule has 0 radical (unpaired) electrons. The second-order valence-corrected chi connectivity index (χ2v) is 10.6. The maximum absolute atomic E-state index is 13.1. The number of hydrogen-bond donors (Lipinski definition) is 4. The fourth-order valence-corrected chi connectivity index (χ4v) is 5.46. The predicted molar refractivity (Wildman–Crippen MR) is 134 cm³/mol. The number of carbonyl (C=O) groups is 4. The van der Waals surface area contributed by atoms with E-state index in [1.165, 1.54) is 35.9 Å². The van der Waals surface area contributed by atoms with E-state index < -0.39 is 40.8 Å². The Morgan fingerprint density at radius 3 is 2.55 bits per heavy atom. The van der Waals surface area contributed by atoms with Crippen LogP contribution >= 0.6 is 23.1 Å². The van der Waals surface area contributed by atoms with Crippen molar-refractivity contribution in [1.82, 2.24) is 15.2 Å². The number of β-lactam (4-membered cyclic amide) rings is 1. The van der Waals surface area contributed by atoms with E-state index in [-0.39, 0.29) is 27.7 Å². The molecule has 14 nitrogen and oxygen atoms in total. The van der Waals surface area contributed by atoms with Crippen molar-refractivity contribution in [1.29, 1.82) is 0 Å². The molecule has 4 rings (SSSR count). The highest BCUT2D eigenvalue weighted by molar-refractivity contribution is 8.00. The van der Waals surface area contributed by atoms with Gasteiger partial charge in [-0.1, -0.05) is 11.2 Å². The Bertz CT molecular complexity index is 1330. The fourth-order valence-electron chi connectivity index (χ4n) is 3.57. The number of nitrogens with zero attached hydrogens (tertiary/aromatic N) is 4. The molecule has 0 saturated carbocycles. The van der Waals surface area contributed by atoms with Gasteiger partial charge >= 0.3 is 11.9 Å². The zero-order chi connectivity index (χ0) is 26.9. The summed E-state index contributed by atoms with van der Waals surface area (Å²) in [6, 6.07) is 4.44. The number of pyridine rings is 1. The third kappa shape index (κ3) is 5.61. The first-order valence-electron chi connectivity index (χ1n) is 10.9. The number of hydrogen-bond acceptors (Lipinski definition) is 11. The van der Waals surface area contributed by atoms with Crippen LogP contribution in [-0.4, -0.2) is 77.8 Å². The number of thioether (sulfide) groups is 1. The minimum Gasteiger partial charge on any atom is -0.870 e. The van der Waals surface area contributed by atoms with Crippen LogP contribution in [0.1, 0.15) is 19.5 Å². The first-order valence-corrected chi connectivity index (χ1v) is 12.8. The quantitative estimate of drug-likeness (QED) is 0.136. The van der Waals surface area contributed by atoms with Crippen molar-refractivity contribution in [3.63, 3.8) is 0 Å². The van der Waals surface area contributed by atoms with E-state index >= 15 is 0 Å². The van der Waals surface area contributed by atoms with Gasteiger partial charge in [0.1, 0.15) is 22.8 Å². The topological polar surface area (TPSA) is 218 Å². The molecule has 2 amide bonds. The Morgan fingerprint density at radius 2 is 1.97 bits per heavy atom. The Kier molecular flexibility index (Phi) is 8.38. The van der Waals surface area contributed by atoms with Gasteiger partial charge in [-0.25, -0.2) is 19.1 Å². The summed E-state index contributed by atoms with van der Waals surface area (Å²) in [6.07, 6.45) is 3.59. The lowest BCUT2D eigenvalue weighted by Gasteiger charge is -2.49. The van der Waals surface area contributed by atoms with Crippen molar-refractivity contribution >= 4 is 57.7 Å². The summed E-state index contributed by atoms with van der Waals surface area (Å²) in [4.78, 5) is 59.9. The molecule has 2 aliphatic rings. The van der Waals surface area contributed by atoms with E-state index in [2.05, 4.69) is 15.5 Å². The van der Waals surface area contributed by atoms with Gasteiger partial charge in [-0.05, 0) is 13.8 Å². The average molecular weight is 565 g/mol. The number of fused-ring (bicyclic) bond motifs is 1. The van der Waals surface area contributed by atoms with Gasteiger partial charge in [0.2, 0.25) is 5.60 Å². The largest absolute Gasteiger partial charge is 0.870 e. The van der Waals surface area contributed by atoms with Gasteiger partial charge < -0.3 is 31.6 Å². The molecule has 0 aromatic carbocycles. The molecular formula is C22H24N6O8S2. The van der Waals surface area contributed by atoms with Gasteiger partial charge in [0, 0.05) is 28.8 Å². The molecule has 2 aromatic heterocycles. The van der Waals surface area contributed by atoms with Crippen LogP contribution in [0.25, 0.3) is 0 Å². The van der Waals surface area contributed by atoms with Crippen molar-refractivity contribution < 1.29 is 44.3 Å². The minimum absolute atomic E-state index is 0. The number of nitrogens with two attached hydrogens (primary N) is 1. The highest BCUT2D eigenvalue weighted by atomic mass is 32.2. The summed E-state index contributed by atoms with van der Waals surface area (Å²) in [5.74, 6) is -3.66. The van der Waals surface area contributed by atoms with Crippen molar-refractivity contribution in [3.8, 4) is 0 Å². The second-order valence-electron chi connectivity index (χ2n) is 8.58. The predicted octanol–water partition coefficient (Wildman–Crippen LogP) is -0.141. The van der Waals surface area contributed by atoms with Crippen LogP contribution < -0.4 is 15.6 Å². The molecule has 0 spiro atoms. The number of oxime groups is 1. The molecule has 0 aliphatic carbocycles. The molecule has 0 unspecified atom stereocenters. The number of nitrogens with one attached hydrogen (secondary N) is 1. The smallest absolute Gasteiger partial charge is 0.352 e. The minimum atomic E-state index is -1.75. The highest BCUT2D eigenvalue weighted by Crippen LogP contribution is 2.40. The molecule has 1 saturated heterocycles. The van der Waals surface area contributed by atoms with Gasteiger partial charge in [-0.3, -0.25) is 14.5 Å². The first kappa shape index (κ1) is 28.5. The summed E-state index contributed by atoms with van der Waals surface area (Å²) in [7, 11) is 0. The van der Waals surface area contributed by atoms with E-state index in [4.69, 9.17) is 10.6 Å². The normalized spacial score (nSPS) is 19.2. The Balaban J connectivity index is 0.00000400. The fraction of sp³-hybridized carbons (Fsp3) is 0.318. The Morgan fingerprint density at radius 1 is 1.29 bits per heavy atom. The second kappa shape index (κ2) is 11.2. The van der Waals surface area contributed by atoms with Crippen molar-refractivity contribution in [2.24, 2.45) is 5.16 Å². The summed E-state index contributed by atoms with van der Waals surface area (Å²) in [5, 5.41) is 26.3. The van der Waals surface area contributed by atoms with Crippen LogP contribution in [0.15, 0.2) is 52.4 Å². The number of aromatic nitrogens is 2. The van der Waals surface area contributed by atoms with Crippen molar-refractivity contribution in [3.05, 3.63) is 52.9 Å². The van der Waals surface area contributed by atoms with Crippen molar-refractivity contribution in [2.75, 3.05) is 11.5 Å². The highest BCUT2D eigenvalue weighted by Gasteiger charge is 2.54. The third-order valence-corrected chi connectivity index (χ3v) is 7.56. The zero-order valence-electron chi connectivity index (χ0n) is 20.1. The van der Waals surface area contributed by atoms with E-state index in [9.17, 15) is 29.4 Å². The van der Waals surface area contributed by atoms with Gasteiger partial charge in [0.25, 0.3) is 11.8 Å². The number of amides is 2. The number of thiazole rings is 1. The SMILES string of the molecule is CC(C)(O/N=C(\C(=O)N[C@H]1C(=O)N2C(C(=O)O)=C(C[n+]3ccccc3)CS[C@@H]12)c1csc(N)n1)C(=O)O.[OH-]. The molecular weight excluding hydrogens is 540 g/mol. The third-order valence-electron chi connectivity index (χ3n) is 5.55. The first-order chi connectivity index (χ1) is 17.5. The molecule has 202 valence electrons. The van der Waals surface area contributed by atoms with Gasteiger partial charge in [-0.15, -0.1) is 23.1 Å². The summed E-state index contributed by atoms with van der Waals surface area (Å²) < 4.78 is 1.81. The molecule has 1 fully saturated rings. The van der Waals surface area contributed by atoms with E-state index in [1.54, 1.807) is 12.4 Å². The molecule has 6 N–H and O–H groups in total. The zero-order valence-corrected chi connectivity index (χ0v) is 21.7. The number of carboxylic acid groups (broad SMARTS) is 2. The Labute approximate surface area is 224 Å². The lowest BCUT2D eigenvalue weighted by Crippen LogP contribution is -2.71. The van der Waals surface area contributed by atoms with Crippen LogP contribution in [0.2, 0.25) is 0 Å². The molecule has 4 heterocycles. The number of aliphatic carboxylic acids is 2. The van der Waals surface area contributed by atoms with Crippen LogP contribution in [0.3, 0.4) is 0 Å². The monoisotopic (exact) mass is 564 g/mol. The molecule has 2 atom stereocenters. The summed E-state index contributed by atoms with van der Waals surface area (Å²) in [5.41, 5.74) is 4.04. The van der Waals surface area contributed by atoms with E-state index in [1.807, 2.05) is 22.8 Å². The summed E-state index contributed by atoms with van der Waals surface area (Å²) >= 11 is 2.35. The van der Waals surface area contributed by atoms with Gasteiger partial charge in [-0.2, -0.15) is 0 Å². The lowest BCUT2D eigenvalue weighted by atomic mass is 10.0. The maximum atomic E-state index is 13.1. The number of anilines is 1. The van der Waals surface area contributed by atoms with Gasteiger partial charge in [0.15, 0.2) is 29.8 Å². The Hall–Kier alpha value is -4.02. The summed E-state index contributed by atoms with van der Waals surface area (Å²) in [6.45, 7) is 2.80.